The lowest BCUT2D eigenvalue weighted by Gasteiger charge is -2.36. The van der Waals surface area contributed by atoms with Gasteiger partial charge in [0.2, 0.25) is 0 Å². The Morgan fingerprint density at radius 1 is 0.198 bits per heavy atom. The van der Waals surface area contributed by atoms with Crippen LogP contribution in [0.2, 0.25) is 0 Å². The summed E-state index contributed by atoms with van der Waals surface area (Å²) in [6.07, 6.45) is 0. The highest BCUT2D eigenvalue weighted by Gasteiger charge is 2.45. The highest BCUT2D eigenvalue weighted by molar-refractivity contribution is 7.01. The van der Waals surface area contributed by atoms with Gasteiger partial charge in [0, 0.05) is 71.3 Å². The van der Waals surface area contributed by atoms with Crippen LogP contribution < -0.4 is 42.3 Å². The predicted octanol–water partition coefficient (Wildman–Crippen LogP) is 15.3. The highest BCUT2D eigenvalue weighted by Crippen LogP contribution is 2.41. The van der Waals surface area contributed by atoms with Gasteiger partial charge in [0.25, 0.3) is 13.4 Å². The maximum atomic E-state index is 7.77. The van der Waals surface area contributed by atoms with Gasteiger partial charge in [-0.25, -0.2) is 0 Å². The zero-order chi connectivity index (χ0) is 56.1. The van der Waals surface area contributed by atoms with Gasteiger partial charge in [-0.15, -0.1) is 0 Å². The minimum atomic E-state index is -0.425. The first kappa shape index (κ1) is 47.3. The average molecular weight is 1090 g/mol. The molecule has 2 aliphatic heterocycles. The van der Waals surface area contributed by atoms with Crippen molar-refractivity contribution in [2.24, 2.45) is 0 Å². The topological polar surface area (TPSA) is 38.2 Å². The number of hydrogen-bond acceptors (Lipinski definition) is 2. The molecule has 0 unspecified atom stereocenters. The van der Waals surface area contributed by atoms with Crippen molar-refractivity contribution in [3.63, 3.8) is 0 Å². The van der Waals surface area contributed by atoms with E-state index in [9.17, 15) is 0 Å². The van der Waals surface area contributed by atoms with E-state index in [0.29, 0.717) is 0 Å². The van der Waals surface area contributed by atoms with Crippen LogP contribution in [0.15, 0.2) is 291 Å². The maximum absolute atomic E-state index is 7.77. The van der Waals surface area contributed by atoms with Crippen LogP contribution in [-0.2, 0) is 0 Å². The summed E-state index contributed by atoms with van der Waals surface area (Å²) in [7, 11) is 0. The third-order valence-corrected chi connectivity index (χ3v) is 18.7. The van der Waals surface area contributed by atoms with Crippen molar-refractivity contribution in [1.29, 1.82) is 0 Å². The smallest absolute Gasteiger partial charge is 0.261 e. The lowest BCUT2D eigenvalue weighted by atomic mass is 9.31. The standard InChI is InChI=1S/C78H48B2N4O2/c1-11-33-60-49(23-1)50-24-2-12-34-61(50)81(60)68-41-21-42-69(82-62-35-13-3-25-51(62)52-26-4-14-36-63(52)82)75(68)79-57-31-9-20-46-73(57)86-78-59(79)47-48-74-77(78)80(58-32-10-19-45-72(58)85-74)76-70(83-64-37-15-5-27-53(64)54-28-6-16-38-65(54)83)43-22-44-71(76)84-66-39-17-7-29-55(66)56-30-8-18-40-67(56)84/h1-48H. The summed E-state index contributed by atoms with van der Waals surface area (Å²) in [5.74, 6) is 3.17. The molecule has 4 aromatic heterocycles. The van der Waals surface area contributed by atoms with Crippen LogP contribution in [-0.4, -0.2) is 31.7 Å². The predicted molar refractivity (Wildman–Crippen MR) is 359 cm³/mol. The second-order valence-electron chi connectivity index (χ2n) is 22.9. The van der Waals surface area contributed by atoms with Crippen LogP contribution in [0.1, 0.15) is 0 Å². The molecule has 0 N–H and O–H groups in total. The normalized spacial score (nSPS) is 12.8. The van der Waals surface area contributed by atoms with Crippen molar-refractivity contribution >= 4 is 133 Å². The Kier molecular flexibility index (Phi) is 9.98. The van der Waals surface area contributed by atoms with E-state index in [-0.39, 0.29) is 6.71 Å². The largest absolute Gasteiger partial charge is 0.459 e. The van der Waals surface area contributed by atoms with E-state index in [1.807, 2.05) is 0 Å². The van der Waals surface area contributed by atoms with E-state index in [1.54, 1.807) is 0 Å². The number of benzene rings is 13. The third-order valence-electron chi connectivity index (χ3n) is 18.7. The molecule has 0 spiro atoms. The number of fused-ring (bicyclic) bond motifs is 17. The van der Waals surface area contributed by atoms with Crippen molar-refractivity contribution in [2.45, 2.75) is 0 Å². The van der Waals surface area contributed by atoms with Crippen LogP contribution in [0, 0.1) is 0 Å². The molecule has 86 heavy (non-hydrogen) atoms. The van der Waals surface area contributed by atoms with Crippen molar-refractivity contribution in [2.75, 3.05) is 0 Å². The Morgan fingerprint density at radius 2 is 0.477 bits per heavy atom. The molecule has 0 saturated heterocycles. The molecule has 6 heterocycles. The van der Waals surface area contributed by atoms with Crippen molar-refractivity contribution in [3.8, 4) is 45.7 Å². The summed E-state index contributed by atoms with van der Waals surface area (Å²) < 4.78 is 25.1. The van der Waals surface area contributed by atoms with E-state index < -0.39 is 6.71 Å². The van der Waals surface area contributed by atoms with Gasteiger partial charge in [-0.2, -0.15) is 0 Å². The highest BCUT2D eigenvalue weighted by atomic mass is 16.5. The first-order valence-corrected chi connectivity index (χ1v) is 29.7. The molecule has 0 saturated carbocycles. The first-order chi connectivity index (χ1) is 42.7. The summed E-state index contributed by atoms with van der Waals surface area (Å²) in [4.78, 5) is 0. The lowest BCUT2D eigenvalue weighted by Crippen LogP contribution is -2.62. The number of hydrogen-bond donors (Lipinski definition) is 0. The number of para-hydroxylation sites is 10. The summed E-state index contributed by atoms with van der Waals surface area (Å²) in [6, 6.07) is 107. The molecule has 0 amide bonds. The number of aromatic nitrogens is 4. The second-order valence-corrected chi connectivity index (χ2v) is 22.9. The summed E-state index contributed by atoms with van der Waals surface area (Å²) >= 11 is 0. The zero-order valence-electron chi connectivity index (χ0n) is 46.5. The molecular formula is C78H48B2N4O2. The Balaban J connectivity index is 0.963. The SMILES string of the molecule is c1ccc2c(c1)Oc1c(ccc3c1B(c1c(-n4c5ccccc5c5ccccc54)cccc1-n1c4ccccc4c4ccccc41)c1ccccc1O3)B2c1c(-n2c3ccccc3c3ccccc32)cccc1-n1c2ccccc2c2ccccc21. The Morgan fingerprint density at radius 3 is 0.826 bits per heavy atom. The van der Waals surface area contributed by atoms with Crippen LogP contribution >= 0.6 is 0 Å². The summed E-state index contributed by atoms with van der Waals surface area (Å²) in [5.41, 5.74) is 19.9. The van der Waals surface area contributed by atoms with Gasteiger partial charge >= 0.3 is 0 Å². The van der Waals surface area contributed by atoms with Gasteiger partial charge in [0.05, 0.1) is 44.1 Å². The number of ether oxygens (including phenoxy) is 2. The second kappa shape index (κ2) is 18.1. The molecule has 6 nitrogen and oxygen atoms in total. The fourth-order valence-electron chi connectivity index (χ4n) is 15.3. The maximum Gasteiger partial charge on any atom is 0.261 e. The first-order valence-electron chi connectivity index (χ1n) is 29.7. The molecule has 8 heteroatoms. The van der Waals surface area contributed by atoms with Crippen molar-refractivity contribution in [1.82, 2.24) is 18.3 Å². The molecule has 0 bridgehead atoms. The molecule has 0 atom stereocenters. The van der Waals surface area contributed by atoms with Crippen LogP contribution in [0.3, 0.4) is 0 Å². The third kappa shape index (κ3) is 6.52. The molecule has 398 valence electrons. The lowest BCUT2D eigenvalue weighted by molar-refractivity contribution is 0.469. The molecule has 0 aliphatic carbocycles. The van der Waals surface area contributed by atoms with Crippen LogP contribution in [0.5, 0.6) is 23.0 Å². The van der Waals surface area contributed by atoms with E-state index in [0.717, 1.165) is 123 Å². The fraction of sp³-hybridized carbons (Fsp3) is 0. The van der Waals surface area contributed by atoms with Crippen LogP contribution in [0.4, 0.5) is 0 Å². The van der Waals surface area contributed by atoms with Gasteiger partial charge in [0.1, 0.15) is 23.0 Å². The molecule has 17 aromatic rings. The van der Waals surface area contributed by atoms with E-state index in [4.69, 9.17) is 9.47 Å². The minimum absolute atomic E-state index is 0.353. The molecule has 13 aromatic carbocycles. The van der Waals surface area contributed by atoms with E-state index >= 15 is 0 Å². The molecular weight excluding hydrogens is 1050 g/mol. The molecule has 2 aliphatic rings. The minimum Gasteiger partial charge on any atom is -0.459 e. The Hall–Kier alpha value is -11.2. The van der Waals surface area contributed by atoms with E-state index in [1.165, 1.54) is 43.1 Å². The zero-order valence-corrected chi connectivity index (χ0v) is 46.5. The quantitative estimate of drug-likeness (QED) is 0.156. The average Bonchev–Trinajstić information content (AvgIpc) is 1.52. The molecule has 0 fully saturated rings. The monoisotopic (exact) mass is 1090 g/mol. The van der Waals surface area contributed by atoms with Gasteiger partial charge in [-0.1, -0.05) is 200 Å². The van der Waals surface area contributed by atoms with Gasteiger partial charge in [-0.05, 0) is 118 Å². The van der Waals surface area contributed by atoms with Gasteiger partial charge in [-0.3, -0.25) is 0 Å². The Labute approximate surface area is 495 Å². The van der Waals surface area contributed by atoms with Crippen molar-refractivity contribution < 1.29 is 9.47 Å². The fourth-order valence-corrected chi connectivity index (χ4v) is 15.3. The molecule has 0 radical (unpaired) electrons. The van der Waals surface area contributed by atoms with Crippen molar-refractivity contribution in [3.05, 3.63) is 291 Å². The molecule has 19 rings (SSSR count). The van der Waals surface area contributed by atoms with Gasteiger partial charge in [0.15, 0.2) is 0 Å². The summed E-state index contributed by atoms with van der Waals surface area (Å²) in [5, 5.41) is 9.62. The van der Waals surface area contributed by atoms with Crippen LogP contribution in [0.25, 0.3) is 110 Å². The number of rotatable bonds is 6. The van der Waals surface area contributed by atoms with Gasteiger partial charge < -0.3 is 27.7 Å². The number of nitrogens with zero attached hydrogens (tertiary/aromatic N) is 4. The van der Waals surface area contributed by atoms with E-state index in [2.05, 4.69) is 309 Å². The summed E-state index contributed by atoms with van der Waals surface area (Å²) in [6.45, 7) is -0.778. The Bertz CT molecular complexity index is 5250.